The molecule has 0 saturated carbocycles. The van der Waals surface area contributed by atoms with Crippen LogP contribution in [0.2, 0.25) is 0 Å². The summed E-state index contributed by atoms with van der Waals surface area (Å²) in [5.41, 5.74) is 0. The quantitative estimate of drug-likeness (QED) is 0.365. The molecule has 1 atom stereocenters. The second-order valence-corrected chi connectivity index (χ2v) is 4.39. The summed E-state index contributed by atoms with van der Waals surface area (Å²) in [6.45, 7) is 2.20. The molecule has 0 spiro atoms. The standard InChI is InChI=1S/C15H23BrO/c1-2-3-4-5-6-9-12-15(17)13-10-7-8-11-14-16/h6-11,13-15,17H,2-5,12H2,1H3/b8-7+,9-6-,13-10-,14-11+. The van der Waals surface area contributed by atoms with Gasteiger partial charge in [-0.2, -0.15) is 0 Å². The van der Waals surface area contributed by atoms with Crippen molar-refractivity contribution in [2.45, 2.75) is 45.1 Å². The fourth-order valence-corrected chi connectivity index (χ4v) is 1.48. The fraction of sp³-hybridized carbons (Fsp3) is 0.467. The van der Waals surface area contributed by atoms with Crippen molar-refractivity contribution in [1.29, 1.82) is 0 Å². The molecular formula is C15H23BrO. The Bertz CT molecular complexity index is 264. The second-order valence-electron chi connectivity index (χ2n) is 3.86. The first-order chi connectivity index (χ1) is 8.31. The van der Waals surface area contributed by atoms with Gasteiger partial charge < -0.3 is 5.11 Å². The lowest BCUT2D eigenvalue weighted by Gasteiger charge is -1.99. The molecule has 0 aromatic carbocycles. The average molecular weight is 299 g/mol. The second kappa shape index (κ2) is 13.5. The Hall–Kier alpha value is -0.600. The lowest BCUT2D eigenvalue weighted by atomic mass is 10.1. The van der Waals surface area contributed by atoms with Crippen molar-refractivity contribution < 1.29 is 5.11 Å². The molecular weight excluding hydrogens is 276 g/mol. The number of aliphatic hydroxyl groups is 1. The first-order valence-corrected chi connectivity index (χ1v) is 7.16. The van der Waals surface area contributed by atoms with Gasteiger partial charge in [-0.05, 0) is 24.2 Å². The molecule has 0 heterocycles. The minimum atomic E-state index is -0.380. The maximum absolute atomic E-state index is 9.61. The SMILES string of the molecule is CCCCC/C=C\CC(O)\C=C/C=C/C=C/Br. The molecule has 0 aromatic rings. The van der Waals surface area contributed by atoms with Crippen LogP contribution in [0.15, 0.2) is 47.5 Å². The summed E-state index contributed by atoms with van der Waals surface area (Å²) >= 11 is 3.18. The third kappa shape index (κ3) is 13.3. The van der Waals surface area contributed by atoms with E-state index in [1.165, 1.54) is 19.3 Å². The summed E-state index contributed by atoms with van der Waals surface area (Å²) in [6, 6.07) is 0. The summed E-state index contributed by atoms with van der Waals surface area (Å²) in [6.07, 6.45) is 18.8. The van der Waals surface area contributed by atoms with Crippen LogP contribution in [-0.2, 0) is 0 Å². The van der Waals surface area contributed by atoms with E-state index in [0.29, 0.717) is 6.42 Å². The van der Waals surface area contributed by atoms with E-state index in [9.17, 15) is 5.11 Å². The average Bonchev–Trinajstić information content (AvgIpc) is 2.33. The Balaban J connectivity index is 3.60. The van der Waals surface area contributed by atoms with Crippen LogP contribution in [-0.4, -0.2) is 11.2 Å². The van der Waals surface area contributed by atoms with E-state index in [4.69, 9.17) is 0 Å². The molecule has 0 amide bonds. The van der Waals surface area contributed by atoms with Crippen molar-refractivity contribution in [3.05, 3.63) is 47.5 Å². The zero-order valence-corrected chi connectivity index (χ0v) is 12.1. The monoisotopic (exact) mass is 298 g/mol. The van der Waals surface area contributed by atoms with Gasteiger partial charge in [0.1, 0.15) is 0 Å². The minimum Gasteiger partial charge on any atom is -0.389 e. The number of aliphatic hydroxyl groups excluding tert-OH is 1. The highest BCUT2D eigenvalue weighted by Gasteiger charge is 1.92. The van der Waals surface area contributed by atoms with Gasteiger partial charge in [0.2, 0.25) is 0 Å². The first-order valence-electron chi connectivity index (χ1n) is 6.24. The van der Waals surface area contributed by atoms with Crippen molar-refractivity contribution in [3.8, 4) is 0 Å². The van der Waals surface area contributed by atoms with Gasteiger partial charge in [0.05, 0.1) is 6.10 Å². The third-order valence-corrected chi connectivity index (χ3v) is 2.56. The van der Waals surface area contributed by atoms with Gasteiger partial charge in [0.25, 0.3) is 0 Å². The molecule has 0 aliphatic rings. The van der Waals surface area contributed by atoms with Gasteiger partial charge in [-0.15, -0.1) is 0 Å². The van der Waals surface area contributed by atoms with Gasteiger partial charge in [-0.25, -0.2) is 0 Å². The zero-order chi connectivity index (χ0) is 12.8. The Kier molecular flexibility index (Phi) is 13.0. The first kappa shape index (κ1) is 16.4. The number of hydrogen-bond acceptors (Lipinski definition) is 1. The number of halogens is 1. The Labute approximate surface area is 114 Å². The Morgan fingerprint density at radius 3 is 2.53 bits per heavy atom. The van der Waals surface area contributed by atoms with Crippen molar-refractivity contribution in [1.82, 2.24) is 0 Å². The molecule has 0 bridgehead atoms. The highest BCUT2D eigenvalue weighted by atomic mass is 79.9. The van der Waals surface area contributed by atoms with Gasteiger partial charge in [0.15, 0.2) is 0 Å². The van der Waals surface area contributed by atoms with Crippen molar-refractivity contribution in [3.63, 3.8) is 0 Å². The van der Waals surface area contributed by atoms with Crippen LogP contribution in [0, 0.1) is 0 Å². The largest absolute Gasteiger partial charge is 0.389 e. The molecule has 1 nitrogen and oxygen atoms in total. The highest BCUT2D eigenvalue weighted by molar-refractivity contribution is 9.11. The molecule has 0 radical (unpaired) electrons. The van der Waals surface area contributed by atoms with Crippen LogP contribution in [0.25, 0.3) is 0 Å². The topological polar surface area (TPSA) is 20.2 Å². The van der Waals surface area contributed by atoms with Gasteiger partial charge in [-0.3, -0.25) is 0 Å². The predicted octanol–water partition coefficient (Wildman–Crippen LogP) is 4.89. The molecule has 96 valence electrons. The number of unbranched alkanes of at least 4 members (excludes halogenated alkanes) is 3. The maximum atomic E-state index is 9.61. The van der Waals surface area contributed by atoms with Crippen molar-refractivity contribution in [2.75, 3.05) is 0 Å². The van der Waals surface area contributed by atoms with E-state index in [1.54, 1.807) is 11.1 Å². The summed E-state index contributed by atoms with van der Waals surface area (Å²) in [5.74, 6) is 0. The predicted molar refractivity (Wildman–Crippen MR) is 80.3 cm³/mol. The lowest BCUT2D eigenvalue weighted by molar-refractivity contribution is 0.227. The van der Waals surface area contributed by atoms with E-state index in [0.717, 1.165) is 6.42 Å². The summed E-state index contributed by atoms with van der Waals surface area (Å²) < 4.78 is 0. The van der Waals surface area contributed by atoms with Crippen LogP contribution in [0.1, 0.15) is 39.0 Å². The molecule has 0 fully saturated rings. The normalized spacial score (nSPS) is 14.8. The Morgan fingerprint density at radius 1 is 1.06 bits per heavy atom. The van der Waals surface area contributed by atoms with Gasteiger partial charge in [-0.1, -0.05) is 78.2 Å². The number of allylic oxidation sites excluding steroid dienone is 5. The molecule has 17 heavy (non-hydrogen) atoms. The van der Waals surface area contributed by atoms with E-state index in [-0.39, 0.29) is 6.10 Å². The van der Waals surface area contributed by atoms with E-state index >= 15 is 0 Å². The Morgan fingerprint density at radius 2 is 1.82 bits per heavy atom. The van der Waals surface area contributed by atoms with Crippen LogP contribution < -0.4 is 0 Å². The number of hydrogen-bond donors (Lipinski definition) is 1. The van der Waals surface area contributed by atoms with Crippen LogP contribution in [0.4, 0.5) is 0 Å². The summed E-state index contributed by atoms with van der Waals surface area (Å²) in [4.78, 5) is 1.78. The number of rotatable bonds is 9. The van der Waals surface area contributed by atoms with Gasteiger partial charge >= 0.3 is 0 Å². The van der Waals surface area contributed by atoms with Crippen LogP contribution >= 0.6 is 15.9 Å². The molecule has 1 unspecified atom stereocenters. The van der Waals surface area contributed by atoms with Crippen molar-refractivity contribution >= 4 is 15.9 Å². The van der Waals surface area contributed by atoms with Gasteiger partial charge in [0, 0.05) is 0 Å². The molecule has 2 heteroatoms. The smallest absolute Gasteiger partial charge is 0.0758 e. The molecule has 1 N–H and O–H groups in total. The van der Waals surface area contributed by atoms with E-state index in [2.05, 4.69) is 35.0 Å². The van der Waals surface area contributed by atoms with Crippen LogP contribution in [0.5, 0.6) is 0 Å². The molecule has 0 rings (SSSR count). The molecule has 0 saturated heterocycles. The zero-order valence-electron chi connectivity index (χ0n) is 10.6. The molecule has 0 aliphatic carbocycles. The lowest BCUT2D eigenvalue weighted by Crippen LogP contribution is -1.98. The van der Waals surface area contributed by atoms with E-state index in [1.807, 2.05) is 24.3 Å². The third-order valence-electron chi connectivity index (χ3n) is 2.26. The van der Waals surface area contributed by atoms with Crippen molar-refractivity contribution in [2.24, 2.45) is 0 Å². The fourth-order valence-electron chi connectivity index (χ4n) is 1.31. The summed E-state index contributed by atoms with van der Waals surface area (Å²) in [7, 11) is 0. The highest BCUT2D eigenvalue weighted by Crippen LogP contribution is 2.02. The molecule has 0 aliphatic heterocycles. The van der Waals surface area contributed by atoms with Crippen LogP contribution in [0.3, 0.4) is 0 Å². The minimum absolute atomic E-state index is 0.380. The summed E-state index contributed by atoms with van der Waals surface area (Å²) in [5, 5.41) is 9.61. The maximum Gasteiger partial charge on any atom is 0.0758 e. The van der Waals surface area contributed by atoms with E-state index < -0.39 is 0 Å². The molecule has 0 aromatic heterocycles.